The van der Waals surface area contributed by atoms with Gasteiger partial charge in [0.15, 0.2) is 0 Å². The Hall–Kier alpha value is -2.93. The van der Waals surface area contributed by atoms with Crippen molar-refractivity contribution >= 4 is 0 Å². The van der Waals surface area contributed by atoms with Crippen LogP contribution in [0.15, 0.2) is 53.6 Å². The van der Waals surface area contributed by atoms with Crippen LogP contribution in [0, 0.1) is 11.6 Å². The van der Waals surface area contributed by atoms with Gasteiger partial charge in [-0.15, -0.1) is 0 Å². The van der Waals surface area contributed by atoms with E-state index in [4.69, 9.17) is 0 Å². The third-order valence-corrected chi connectivity index (χ3v) is 5.06. The summed E-state index contributed by atoms with van der Waals surface area (Å²) in [5.74, 6) is -0.556. The number of nitrogens with zero attached hydrogens (tertiary/aromatic N) is 3. The second-order valence-corrected chi connectivity index (χ2v) is 7.04. The molecule has 2 aromatic heterocycles. The highest BCUT2D eigenvalue weighted by Crippen LogP contribution is 2.27. The molecule has 1 aliphatic heterocycles. The Balaban J connectivity index is 1.57. The van der Waals surface area contributed by atoms with Crippen molar-refractivity contribution in [1.29, 1.82) is 0 Å². The Bertz CT molecular complexity index is 1000. The fraction of sp³-hybridized carbons (Fsp3) is 0.286. The van der Waals surface area contributed by atoms with Crippen LogP contribution in [0.25, 0.3) is 11.4 Å². The van der Waals surface area contributed by atoms with Gasteiger partial charge in [-0.3, -0.25) is 14.7 Å². The lowest BCUT2D eigenvalue weighted by Crippen LogP contribution is -2.35. The first kappa shape index (κ1) is 18.4. The van der Waals surface area contributed by atoms with Gasteiger partial charge in [-0.05, 0) is 43.7 Å². The van der Waals surface area contributed by atoms with E-state index in [-0.39, 0.29) is 23.6 Å². The van der Waals surface area contributed by atoms with Gasteiger partial charge in [-0.2, -0.15) is 0 Å². The molecule has 0 saturated carbocycles. The SMILES string of the molecule is O=c1cc(C2CCCN(Cc3c(F)cccc3F)C2)nc(-c2cccnc2)[nH]1. The van der Waals surface area contributed by atoms with E-state index in [1.165, 1.54) is 24.3 Å². The summed E-state index contributed by atoms with van der Waals surface area (Å²) in [6, 6.07) is 9.05. The number of pyridine rings is 1. The number of aromatic nitrogens is 3. The number of hydrogen-bond acceptors (Lipinski definition) is 4. The Morgan fingerprint density at radius 3 is 2.75 bits per heavy atom. The number of likely N-dealkylation sites (tertiary alicyclic amines) is 1. The second-order valence-electron chi connectivity index (χ2n) is 7.04. The highest BCUT2D eigenvalue weighted by molar-refractivity contribution is 5.52. The predicted octanol–water partition coefficient (Wildman–Crippen LogP) is 3.49. The lowest BCUT2D eigenvalue weighted by molar-refractivity contribution is 0.194. The van der Waals surface area contributed by atoms with E-state index >= 15 is 0 Å². The molecule has 1 unspecified atom stereocenters. The molecule has 28 heavy (non-hydrogen) atoms. The predicted molar refractivity (Wildman–Crippen MR) is 102 cm³/mol. The van der Waals surface area contributed by atoms with Crippen LogP contribution in [0.1, 0.15) is 30.0 Å². The maximum atomic E-state index is 14.0. The zero-order valence-electron chi connectivity index (χ0n) is 15.2. The van der Waals surface area contributed by atoms with Crippen LogP contribution >= 0.6 is 0 Å². The van der Waals surface area contributed by atoms with Gasteiger partial charge in [0, 0.05) is 48.6 Å². The third-order valence-electron chi connectivity index (χ3n) is 5.06. The minimum absolute atomic E-state index is 0.0290. The largest absolute Gasteiger partial charge is 0.306 e. The average molecular weight is 382 g/mol. The summed E-state index contributed by atoms with van der Waals surface area (Å²) >= 11 is 0. The first-order valence-electron chi connectivity index (χ1n) is 9.27. The number of H-pyrrole nitrogens is 1. The van der Waals surface area contributed by atoms with Crippen molar-refractivity contribution in [3.63, 3.8) is 0 Å². The molecule has 0 bridgehead atoms. The maximum absolute atomic E-state index is 14.0. The average Bonchev–Trinajstić information content (AvgIpc) is 2.71. The van der Waals surface area contributed by atoms with Crippen molar-refractivity contribution in [2.24, 2.45) is 0 Å². The quantitative estimate of drug-likeness (QED) is 0.750. The fourth-order valence-corrected chi connectivity index (χ4v) is 3.67. The molecule has 1 aliphatic rings. The molecule has 3 aromatic rings. The molecule has 1 aromatic carbocycles. The minimum Gasteiger partial charge on any atom is -0.306 e. The monoisotopic (exact) mass is 382 g/mol. The van der Waals surface area contributed by atoms with Crippen molar-refractivity contribution in [1.82, 2.24) is 19.9 Å². The van der Waals surface area contributed by atoms with E-state index in [1.54, 1.807) is 18.5 Å². The number of hydrogen-bond donors (Lipinski definition) is 1. The van der Waals surface area contributed by atoms with E-state index in [2.05, 4.69) is 15.0 Å². The zero-order chi connectivity index (χ0) is 19.5. The Morgan fingerprint density at radius 1 is 1.18 bits per heavy atom. The Labute approximate surface area is 161 Å². The fourth-order valence-electron chi connectivity index (χ4n) is 3.67. The molecule has 0 aliphatic carbocycles. The van der Waals surface area contributed by atoms with Crippen LogP contribution in [0.5, 0.6) is 0 Å². The number of nitrogens with one attached hydrogen (secondary N) is 1. The van der Waals surface area contributed by atoms with Crippen molar-refractivity contribution < 1.29 is 8.78 Å². The molecule has 1 atom stereocenters. The summed E-state index contributed by atoms with van der Waals surface area (Å²) in [6.45, 7) is 1.55. The molecular formula is C21H20F2N4O. The van der Waals surface area contributed by atoms with Gasteiger partial charge < -0.3 is 4.98 Å². The summed E-state index contributed by atoms with van der Waals surface area (Å²) in [6.07, 6.45) is 5.05. The molecule has 1 fully saturated rings. The van der Waals surface area contributed by atoms with Crippen LogP contribution in [-0.4, -0.2) is 32.9 Å². The van der Waals surface area contributed by atoms with Crippen LogP contribution in [-0.2, 0) is 6.54 Å². The highest BCUT2D eigenvalue weighted by atomic mass is 19.1. The summed E-state index contributed by atoms with van der Waals surface area (Å²) in [5, 5.41) is 0. The number of rotatable bonds is 4. The summed E-state index contributed by atoms with van der Waals surface area (Å²) < 4.78 is 28.0. The van der Waals surface area contributed by atoms with Gasteiger partial charge in [0.25, 0.3) is 5.56 Å². The zero-order valence-corrected chi connectivity index (χ0v) is 15.2. The third kappa shape index (κ3) is 3.99. The highest BCUT2D eigenvalue weighted by Gasteiger charge is 2.25. The molecule has 1 N–H and O–H groups in total. The summed E-state index contributed by atoms with van der Waals surface area (Å²) in [4.78, 5) is 25.6. The first-order chi connectivity index (χ1) is 13.6. The molecule has 0 radical (unpaired) electrons. The van der Waals surface area contributed by atoms with Gasteiger partial charge in [-0.25, -0.2) is 13.8 Å². The van der Waals surface area contributed by atoms with E-state index in [0.717, 1.165) is 24.9 Å². The van der Waals surface area contributed by atoms with Crippen LogP contribution in [0.3, 0.4) is 0 Å². The second kappa shape index (κ2) is 7.98. The summed E-state index contributed by atoms with van der Waals surface area (Å²) in [7, 11) is 0. The molecule has 144 valence electrons. The normalized spacial score (nSPS) is 17.6. The Morgan fingerprint density at radius 2 is 2.00 bits per heavy atom. The summed E-state index contributed by atoms with van der Waals surface area (Å²) in [5.41, 5.74) is 1.29. The first-order valence-corrected chi connectivity index (χ1v) is 9.27. The van der Waals surface area contributed by atoms with Crippen molar-refractivity contribution in [2.45, 2.75) is 25.3 Å². The van der Waals surface area contributed by atoms with Gasteiger partial charge in [0.1, 0.15) is 17.5 Å². The minimum atomic E-state index is -0.532. The van der Waals surface area contributed by atoms with E-state index in [1.807, 2.05) is 11.0 Å². The Kier molecular flexibility index (Phi) is 5.25. The van der Waals surface area contributed by atoms with Gasteiger partial charge in [0.2, 0.25) is 0 Å². The van der Waals surface area contributed by atoms with Crippen LogP contribution < -0.4 is 5.56 Å². The molecule has 5 nitrogen and oxygen atoms in total. The molecule has 7 heteroatoms. The standard InChI is InChI=1S/C21H20F2N4O/c22-17-6-1-7-18(23)16(17)13-27-9-3-5-15(12-27)19-10-20(28)26-21(25-19)14-4-2-8-24-11-14/h1-2,4,6-8,10-11,15H,3,5,9,12-13H2,(H,25,26,28). The number of halogens is 2. The molecule has 3 heterocycles. The van der Waals surface area contributed by atoms with Gasteiger partial charge in [-0.1, -0.05) is 6.07 Å². The van der Waals surface area contributed by atoms with Crippen LogP contribution in [0.4, 0.5) is 8.78 Å². The molecule has 0 spiro atoms. The molecule has 0 amide bonds. The number of piperidine rings is 1. The number of aromatic amines is 1. The van der Waals surface area contributed by atoms with Crippen LogP contribution in [0.2, 0.25) is 0 Å². The lowest BCUT2D eigenvalue weighted by atomic mass is 9.94. The molecule has 1 saturated heterocycles. The van der Waals surface area contributed by atoms with Gasteiger partial charge >= 0.3 is 0 Å². The van der Waals surface area contributed by atoms with Crippen molar-refractivity contribution in [3.05, 3.63) is 82.0 Å². The molecule has 4 rings (SSSR count). The maximum Gasteiger partial charge on any atom is 0.251 e. The van der Waals surface area contributed by atoms with E-state index in [9.17, 15) is 13.6 Å². The smallest absolute Gasteiger partial charge is 0.251 e. The van der Waals surface area contributed by atoms with E-state index in [0.29, 0.717) is 18.1 Å². The molecular weight excluding hydrogens is 362 g/mol. The van der Waals surface area contributed by atoms with Crippen molar-refractivity contribution in [3.8, 4) is 11.4 Å². The van der Waals surface area contributed by atoms with Gasteiger partial charge in [0.05, 0.1) is 5.69 Å². The van der Waals surface area contributed by atoms with Crippen molar-refractivity contribution in [2.75, 3.05) is 13.1 Å². The van der Waals surface area contributed by atoms with E-state index < -0.39 is 11.6 Å². The number of benzene rings is 1. The topological polar surface area (TPSA) is 61.9 Å². The lowest BCUT2D eigenvalue weighted by Gasteiger charge is -2.32.